The number of nitrogens with one attached hydrogen (secondary N) is 2. The summed E-state index contributed by atoms with van der Waals surface area (Å²) in [5, 5.41) is 4.89. The van der Waals surface area contributed by atoms with Gasteiger partial charge in [0.05, 0.1) is 12.1 Å². The van der Waals surface area contributed by atoms with Crippen LogP contribution in [0.4, 0.5) is 14.5 Å². The van der Waals surface area contributed by atoms with Crippen LogP contribution in [0.3, 0.4) is 0 Å². The zero-order valence-corrected chi connectivity index (χ0v) is 13.0. The Morgan fingerprint density at radius 3 is 2.39 bits per heavy atom. The Morgan fingerprint density at radius 2 is 1.78 bits per heavy atom. The van der Waals surface area contributed by atoms with Crippen molar-refractivity contribution in [1.29, 1.82) is 0 Å². The minimum Gasteiger partial charge on any atom is -0.343 e. The number of hydrogen-bond donors (Lipinski definition) is 2. The van der Waals surface area contributed by atoms with Gasteiger partial charge in [0.25, 0.3) is 5.91 Å². The second-order valence-corrected chi connectivity index (χ2v) is 5.46. The molecule has 2 N–H and O–H groups in total. The number of hydrogen-bond acceptors (Lipinski definition) is 3. The van der Waals surface area contributed by atoms with Crippen molar-refractivity contribution in [3.8, 4) is 0 Å². The maximum atomic E-state index is 13.4. The number of benzene rings is 2. The lowest BCUT2D eigenvalue weighted by atomic mass is 10.2. The average Bonchev–Trinajstić information content (AvgIpc) is 2.53. The largest absolute Gasteiger partial charge is 0.343 e. The molecule has 0 aliphatic carbocycles. The van der Waals surface area contributed by atoms with Crippen LogP contribution in [0, 0.1) is 11.6 Å². The quantitative estimate of drug-likeness (QED) is 0.825. The molecule has 2 amide bonds. The molecular weight excluding hydrogens is 322 g/mol. The Balaban J connectivity index is 1.89. The van der Waals surface area contributed by atoms with Gasteiger partial charge in [0.2, 0.25) is 5.91 Å². The summed E-state index contributed by atoms with van der Waals surface area (Å²) < 4.78 is 26.2. The molecule has 2 rings (SSSR count). The van der Waals surface area contributed by atoms with Gasteiger partial charge in [0.1, 0.15) is 11.6 Å². The van der Waals surface area contributed by atoms with Crippen molar-refractivity contribution in [3.63, 3.8) is 0 Å². The predicted octanol–water partition coefficient (Wildman–Crippen LogP) is 3.06. The molecule has 0 aliphatic rings. The van der Waals surface area contributed by atoms with Crippen LogP contribution in [-0.4, -0.2) is 24.6 Å². The van der Waals surface area contributed by atoms with Crippen LogP contribution < -0.4 is 10.6 Å². The zero-order chi connectivity index (χ0) is 16.8. The molecule has 0 heterocycles. The van der Waals surface area contributed by atoms with Crippen molar-refractivity contribution in [3.05, 3.63) is 59.7 Å². The van der Waals surface area contributed by atoms with E-state index in [1.807, 2.05) is 18.4 Å². The van der Waals surface area contributed by atoms with Gasteiger partial charge in [-0.25, -0.2) is 8.78 Å². The molecule has 0 fully saturated rings. The Hall–Kier alpha value is -2.41. The SMILES string of the molecule is CSc1ccc(NC(=O)CNC(=O)c2ccc(F)cc2F)cc1. The van der Waals surface area contributed by atoms with Crippen LogP contribution in [0.15, 0.2) is 47.4 Å². The zero-order valence-electron chi connectivity index (χ0n) is 12.2. The van der Waals surface area contributed by atoms with Crippen LogP contribution in [-0.2, 0) is 4.79 Å². The van der Waals surface area contributed by atoms with Crippen LogP contribution in [0.25, 0.3) is 0 Å². The topological polar surface area (TPSA) is 58.2 Å². The van der Waals surface area contributed by atoms with Crippen molar-refractivity contribution in [2.24, 2.45) is 0 Å². The highest BCUT2D eigenvalue weighted by Crippen LogP contribution is 2.17. The third kappa shape index (κ3) is 4.79. The molecule has 0 spiro atoms. The molecule has 0 radical (unpaired) electrons. The second kappa shape index (κ2) is 7.73. The summed E-state index contributed by atoms with van der Waals surface area (Å²) in [5.74, 6) is -2.98. The second-order valence-electron chi connectivity index (χ2n) is 4.58. The van der Waals surface area contributed by atoms with E-state index in [4.69, 9.17) is 0 Å². The third-order valence-corrected chi connectivity index (χ3v) is 3.70. The number of rotatable bonds is 5. The molecule has 23 heavy (non-hydrogen) atoms. The highest BCUT2D eigenvalue weighted by Gasteiger charge is 2.13. The number of amides is 2. The molecule has 0 atom stereocenters. The third-order valence-electron chi connectivity index (χ3n) is 2.96. The maximum Gasteiger partial charge on any atom is 0.254 e. The van der Waals surface area contributed by atoms with Gasteiger partial charge < -0.3 is 10.6 Å². The summed E-state index contributed by atoms with van der Waals surface area (Å²) >= 11 is 1.58. The van der Waals surface area contributed by atoms with Gasteiger partial charge in [-0.15, -0.1) is 11.8 Å². The Labute approximate surface area is 136 Å². The van der Waals surface area contributed by atoms with E-state index in [0.717, 1.165) is 17.0 Å². The smallest absolute Gasteiger partial charge is 0.254 e. The number of anilines is 1. The molecule has 0 bridgehead atoms. The predicted molar refractivity (Wildman–Crippen MR) is 85.5 cm³/mol. The standard InChI is InChI=1S/C16H14F2N2O2S/c1-23-12-5-3-11(4-6-12)20-15(21)9-19-16(22)13-7-2-10(17)8-14(13)18/h2-8H,9H2,1H3,(H,19,22)(H,20,21). The summed E-state index contributed by atoms with van der Waals surface area (Å²) in [4.78, 5) is 24.6. The summed E-state index contributed by atoms with van der Waals surface area (Å²) in [6, 6.07) is 9.81. The molecule has 0 saturated carbocycles. The summed E-state index contributed by atoms with van der Waals surface area (Å²) in [6.45, 7) is -0.320. The number of halogens is 2. The summed E-state index contributed by atoms with van der Waals surface area (Å²) in [5.41, 5.74) is 0.276. The highest BCUT2D eigenvalue weighted by atomic mass is 32.2. The summed E-state index contributed by atoms with van der Waals surface area (Å²) in [7, 11) is 0. The lowest BCUT2D eigenvalue weighted by Gasteiger charge is -2.08. The van der Waals surface area contributed by atoms with Crippen LogP contribution in [0.5, 0.6) is 0 Å². The number of thioether (sulfide) groups is 1. The first-order chi connectivity index (χ1) is 11.0. The van der Waals surface area contributed by atoms with Gasteiger partial charge in [-0.2, -0.15) is 0 Å². The van der Waals surface area contributed by atoms with Gasteiger partial charge in [-0.3, -0.25) is 9.59 Å². The number of carbonyl (C=O) groups excluding carboxylic acids is 2. The van der Waals surface area contributed by atoms with Gasteiger partial charge in [-0.05, 0) is 42.7 Å². The van der Waals surface area contributed by atoms with E-state index in [1.54, 1.807) is 23.9 Å². The molecule has 120 valence electrons. The van der Waals surface area contributed by atoms with E-state index in [1.165, 1.54) is 0 Å². The minimum absolute atomic E-state index is 0.316. The molecule has 2 aromatic carbocycles. The van der Waals surface area contributed by atoms with Gasteiger partial charge in [-0.1, -0.05) is 0 Å². The van der Waals surface area contributed by atoms with Crippen molar-refractivity contribution in [1.82, 2.24) is 5.32 Å². The van der Waals surface area contributed by atoms with Crippen molar-refractivity contribution >= 4 is 29.3 Å². The molecule has 2 aromatic rings. The Kier molecular flexibility index (Phi) is 5.70. The van der Waals surface area contributed by atoms with Gasteiger partial charge >= 0.3 is 0 Å². The fourth-order valence-electron chi connectivity index (χ4n) is 1.81. The van der Waals surface area contributed by atoms with Crippen LogP contribution >= 0.6 is 11.8 Å². The average molecular weight is 336 g/mol. The minimum atomic E-state index is -0.976. The molecular formula is C16H14F2N2O2S. The molecule has 0 saturated heterocycles. The normalized spacial score (nSPS) is 10.2. The fraction of sp³-hybridized carbons (Fsp3) is 0.125. The Bertz CT molecular complexity index is 721. The highest BCUT2D eigenvalue weighted by molar-refractivity contribution is 7.98. The van der Waals surface area contributed by atoms with Gasteiger partial charge in [0.15, 0.2) is 0 Å². The Morgan fingerprint density at radius 1 is 1.09 bits per heavy atom. The summed E-state index contributed by atoms with van der Waals surface area (Å²) in [6.07, 6.45) is 1.94. The molecule has 0 aliphatic heterocycles. The van der Waals surface area contributed by atoms with E-state index in [9.17, 15) is 18.4 Å². The molecule has 7 heteroatoms. The number of carbonyl (C=O) groups is 2. The maximum absolute atomic E-state index is 13.4. The fourth-order valence-corrected chi connectivity index (χ4v) is 2.22. The van der Waals surface area contributed by atoms with Crippen LogP contribution in [0.2, 0.25) is 0 Å². The van der Waals surface area contributed by atoms with Crippen molar-refractivity contribution in [2.45, 2.75) is 4.90 Å². The van der Waals surface area contributed by atoms with E-state index in [-0.39, 0.29) is 12.1 Å². The molecule has 4 nitrogen and oxygen atoms in total. The van der Waals surface area contributed by atoms with E-state index in [2.05, 4.69) is 10.6 Å². The lowest BCUT2D eigenvalue weighted by molar-refractivity contribution is -0.115. The van der Waals surface area contributed by atoms with Crippen LogP contribution in [0.1, 0.15) is 10.4 Å². The molecule has 0 aromatic heterocycles. The van der Waals surface area contributed by atoms with Crippen molar-refractivity contribution in [2.75, 3.05) is 18.1 Å². The van der Waals surface area contributed by atoms with E-state index >= 15 is 0 Å². The lowest BCUT2D eigenvalue weighted by Crippen LogP contribution is -2.33. The first-order valence-corrected chi connectivity index (χ1v) is 7.89. The monoisotopic (exact) mass is 336 g/mol. The van der Waals surface area contributed by atoms with E-state index in [0.29, 0.717) is 11.8 Å². The van der Waals surface area contributed by atoms with Gasteiger partial charge in [0, 0.05) is 16.6 Å². The van der Waals surface area contributed by atoms with E-state index < -0.39 is 23.4 Å². The first kappa shape index (κ1) is 17.0. The first-order valence-electron chi connectivity index (χ1n) is 6.67. The van der Waals surface area contributed by atoms with Crippen molar-refractivity contribution < 1.29 is 18.4 Å². The molecule has 0 unspecified atom stereocenters.